The van der Waals surface area contributed by atoms with E-state index in [1.807, 2.05) is 42.3 Å². The lowest BCUT2D eigenvalue weighted by atomic mass is 9.91. The van der Waals surface area contributed by atoms with Crippen LogP contribution in [0.5, 0.6) is 0 Å². The number of anilines is 1. The van der Waals surface area contributed by atoms with Crippen LogP contribution in [0.3, 0.4) is 0 Å². The van der Waals surface area contributed by atoms with E-state index in [0.717, 1.165) is 31.5 Å². The van der Waals surface area contributed by atoms with Gasteiger partial charge in [0.25, 0.3) is 0 Å². The van der Waals surface area contributed by atoms with Gasteiger partial charge in [-0.2, -0.15) is 10.5 Å². The van der Waals surface area contributed by atoms with Gasteiger partial charge in [-0.1, -0.05) is 53.9 Å². The van der Waals surface area contributed by atoms with Gasteiger partial charge < -0.3 is 24.0 Å². The zero-order valence-corrected chi connectivity index (χ0v) is 22.4. The predicted molar refractivity (Wildman–Crippen MR) is 128 cm³/mol. The van der Waals surface area contributed by atoms with Crippen molar-refractivity contribution in [1.29, 1.82) is 0 Å². The van der Waals surface area contributed by atoms with Crippen molar-refractivity contribution in [1.82, 2.24) is 5.43 Å². The van der Waals surface area contributed by atoms with Crippen LogP contribution in [0.1, 0.15) is 37.8 Å². The van der Waals surface area contributed by atoms with Crippen LogP contribution in [0.15, 0.2) is 47.6 Å². The number of hydrogen-bond donors (Lipinski definition) is 1. The van der Waals surface area contributed by atoms with Gasteiger partial charge in [0.2, 0.25) is 0 Å². The van der Waals surface area contributed by atoms with Gasteiger partial charge in [-0.05, 0) is 55.2 Å². The molecule has 0 aliphatic carbocycles. The van der Waals surface area contributed by atoms with Crippen LogP contribution < -0.4 is 34.4 Å². The van der Waals surface area contributed by atoms with Crippen molar-refractivity contribution in [2.24, 2.45) is 11.0 Å². The number of hydrogen-bond acceptors (Lipinski definition) is 3. The molecule has 1 N–H and O–H groups in total. The summed E-state index contributed by atoms with van der Waals surface area (Å²) in [6.07, 6.45) is 3.43. The van der Waals surface area contributed by atoms with Gasteiger partial charge in [0.1, 0.15) is 18.8 Å². The maximum Gasteiger partial charge on any atom is 0.312 e. The number of rotatable bonds is 4. The highest BCUT2D eigenvalue weighted by Crippen LogP contribution is 2.42. The lowest BCUT2D eigenvalue weighted by Gasteiger charge is -2.36. The van der Waals surface area contributed by atoms with Crippen molar-refractivity contribution in [3.63, 3.8) is 0 Å². The van der Waals surface area contributed by atoms with Crippen molar-refractivity contribution in [3.05, 3.63) is 63.1 Å². The number of benzene rings is 2. The Bertz CT molecular complexity index is 1010. The van der Waals surface area contributed by atoms with Crippen molar-refractivity contribution in [2.45, 2.75) is 32.2 Å². The van der Waals surface area contributed by atoms with Gasteiger partial charge in [-0.3, -0.25) is 9.80 Å². The van der Waals surface area contributed by atoms with Crippen LogP contribution in [-0.2, 0) is 4.79 Å². The number of carbonyl (C=O) groups excluding carboxylic acids is 1. The topological polar surface area (TPSA) is 44.7 Å². The van der Waals surface area contributed by atoms with Gasteiger partial charge >= 0.3 is 5.91 Å². The van der Waals surface area contributed by atoms with Crippen molar-refractivity contribution in [3.8, 4) is 0 Å². The third-order valence-electron chi connectivity index (χ3n) is 6.16. The first kappa shape index (κ1) is 25.6. The molecule has 0 unspecified atom stereocenters. The molecule has 0 radical (unpaired) electrons. The minimum atomic E-state index is -0.191. The Kier molecular flexibility index (Phi) is 8.36. The Morgan fingerprint density at radius 2 is 1.66 bits per heavy atom. The maximum atomic E-state index is 13.3. The number of likely N-dealkylation sites (tertiary alicyclic amines) is 1. The summed E-state index contributed by atoms with van der Waals surface area (Å²) < 4.78 is 0.540. The second-order valence-corrected chi connectivity index (χ2v) is 9.84. The minimum Gasteiger partial charge on any atom is -1.00 e. The summed E-state index contributed by atoms with van der Waals surface area (Å²) in [5.41, 5.74) is 5.42. The Labute approximate surface area is 221 Å². The van der Waals surface area contributed by atoms with Gasteiger partial charge in [0.15, 0.2) is 0 Å². The van der Waals surface area contributed by atoms with Crippen LogP contribution >= 0.6 is 34.8 Å². The summed E-state index contributed by atoms with van der Waals surface area (Å²) in [5.74, 6) is -0.284. The van der Waals surface area contributed by atoms with Crippen LogP contribution in [-0.4, -0.2) is 36.3 Å². The molecule has 4 rings (SSSR count). The maximum absolute atomic E-state index is 13.3. The summed E-state index contributed by atoms with van der Waals surface area (Å²) >= 11 is 18.7. The molecule has 0 spiro atoms. The smallest absolute Gasteiger partial charge is 0.312 e. The fourth-order valence-corrected chi connectivity index (χ4v) is 5.09. The molecule has 0 saturated carbocycles. The molecule has 9 heteroatoms. The van der Waals surface area contributed by atoms with E-state index in [0.29, 0.717) is 31.1 Å². The zero-order chi connectivity index (χ0) is 22.2. The third-order valence-corrected chi connectivity index (χ3v) is 6.95. The highest BCUT2D eigenvalue weighted by atomic mass is 127. The molecular formula is C23H26Cl3IN4O. The summed E-state index contributed by atoms with van der Waals surface area (Å²) in [5, 5.41) is 8.30. The minimum absolute atomic E-state index is 0. The Balaban J connectivity index is 0.00000289. The molecule has 2 atom stereocenters. The van der Waals surface area contributed by atoms with E-state index in [1.54, 1.807) is 12.1 Å². The standard InChI is InChI=1S/C23H25Cl3N4O.HI/c1-15-21(23(31)28-30(2)12-4-3-5-13-30)27-29(20-11-10-18(25)14-19(20)26)22(15)16-6-8-17(24)9-7-16;/h6-11,14-15,22H,3-5,12-13H2,1-2H3;1H/t15-,22+;/m0./s1. The molecule has 32 heavy (non-hydrogen) atoms. The highest BCUT2D eigenvalue weighted by Gasteiger charge is 2.42. The summed E-state index contributed by atoms with van der Waals surface area (Å²) in [7, 11) is 2.07. The van der Waals surface area contributed by atoms with Crippen molar-refractivity contribution < 1.29 is 33.4 Å². The van der Waals surface area contributed by atoms with E-state index in [4.69, 9.17) is 39.9 Å². The molecule has 5 nitrogen and oxygen atoms in total. The Morgan fingerprint density at radius 3 is 2.28 bits per heavy atom. The SMILES string of the molecule is C[C@H]1C(C(=O)N[N+]2(C)CCCCC2)=NN(c2ccc(Cl)cc2Cl)[C@H]1c1ccc(Cl)cc1.[I-]. The zero-order valence-electron chi connectivity index (χ0n) is 18.0. The first-order chi connectivity index (χ1) is 14.8. The van der Waals surface area contributed by atoms with E-state index >= 15 is 0 Å². The monoisotopic (exact) mass is 606 g/mol. The van der Waals surface area contributed by atoms with E-state index in [9.17, 15) is 4.79 Å². The molecule has 0 aromatic heterocycles. The van der Waals surface area contributed by atoms with Gasteiger partial charge in [0, 0.05) is 16.0 Å². The number of nitrogens with zero attached hydrogens (tertiary/aromatic N) is 3. The Morgan fingerprint density at radius 1 is 1.03 bits per heavy atom. The number of quaternary nitrogens is 1. The predicted octanol–water partition coefficient (Wildman–Crippen LogP) is 2.87. The van der Waals surface area contributed by atoms with Crippen LogP contribution in [0, 0.1) is 5.92 Å². The molecule has 1 amide bonds. The first-order valence-electron chi connectivity index (χ1n) is 10.5. The molecule has 2 aliphatic rings. The molecule has 172 valence electrons. The average molecular weight is 608 g/mol. The normalized spacial score (nSPS) is 22.2. The van der Waals surface area contributed by atoms with Crippen molar-refractivity contribution in [2.75, 3.05) is 25.1 Å². The Hall–Kier alpha value is -1.06. The number of amides is 1. The van der Waals surface area contributed by atoms with Gasteiger partial charge in [0.05, 0.1) is 23.8 Å². The molecule has 0 bridgehead atoms. The molecule has 1 saturated heterocycles. The second-order valence-electron chi connectivity index (χ2n) is 8.56. The van der Waals surface area contributed by atoms with Crippen LogP contribution in [0.25, 0.3) is 0 Å². The van der Waals surface area contributed by atoms with E-state index in [2.05, 4.69) is 12.5 Å². The molecule has 2 aromatic rings. The average Bonchev–Trinajstić information content (AvgIpc) is 3.06. The fraction of sp³-hybridized carbons (Fsp3) is 0.391. The molecular weight excluding hydrogens is 582 g/mol. The molecule has 2 heterocycles. The van der Waals surface area contributed by atoms with Gasteiger partial charge in [-0.15, -0.1) is 0 Å². The molecule has 2 aliphatic heterocycles. The number of piperidine rings is 1. The number of nitrogens with one attached hydrogen (secondary N) is 1. The van der Waals surface area contributed by atoms with E-state index in [1.165, 1.54) is 6.42 Å². The number of hydrazone groups is 1. The van der Waals surface area contributed by atoms with Crippen LogP contribution in [0.2, 0.25) is 15.1 Å². The number of halogens is 4. The third kappa shape index (κ3) is 5.36. The lowest BCUT2D eigenvalue weighted by molar-refractivity contribution is -0.947. The first-order valence-corrected chi connectivity index (χ1v) is 11.7. The summed E-state index contributed by atoms with van der Waals surface area (Å²) in [6.45, 7) is 3.89. The largest absolute Gasteiger partial charge is 1.00 e. The quantitative estimate of drug-likeness (QED) is 0.430. The number of carbonyl (C=O) groups is 1. The van der Waals surface area contributed by atoms with Crippen molar-refractivity contribution >= 4 is 52.1 Å². The second kappa shape index (κ2) is 10.5. The highest BCUT2D eigenvalue weighted by molar-refractivity contribution is 6.40. The fourth-order valence-electron chi connectivity index (χ4n) is 4.47. The lowest BCUT2D eigenvalue weighted by Crippen LogP contribution is -3.00. The molecule has 2 aromatic carbocycles. The van der Waals surface area contributed by atoms with E-state index < -0.39 is 0 Å². The summed E-state index contributed by atoms with van der Waals surface area (Å²) in [6, 6.07) is 12.7. The van der Waals surface area contributed by atoms with Gasteiger partial charge in [-0.25, -0.2) is 4.59 Å². The van der Waals surface area contributed by atoms with E-state index in [-0.39, 0.29) is 41.8 Å². The van der Waals surface area contributed by atoms with Crippen LogP contribution in [0.4, 0.5) is 5.69 Å². The summed E-state index contributed by atoms with van der Waals surface area (Å²) in [4.78, 5) is 13.3. The molecule has 1 fully saturated rings.